The van der Waals surface area contributed by atoms with E-state index in [0.29, 0.717) is 12.6 Å². The zero-order valence-electron chi connectivity index (χ0n) is 11.9. The van der Waals surface area contributed by atoms with Crippen LogP contribution >= 0.6 is 0 Å². The zero-order valence-corrected chi connectivity index (χ0v) is 11.9. The fraction of sp³-hybridized carbons (Fsp3) is 0.625. The van der Waals surface area contributed by atoms with Crippen molar-refractivity contribution in [3.05, 3.63) is 30.1 Å². The second-order valence-electron chi connectivity index (χ2n) is 6.16. The van der Waals surface area contributed by atoms with Gasteiger partial charge in [0, 0.05) is 29.9 Å². The molecule has 20 heavy (non-hydrogen) atoms. The quantitative estimate of drug-likeness (QED) is 0.886. The van der Waals surface area contributed by atoms with Gasteiger partial charge < -0.3 is 10.6 Å². The summed E-state index contributed by atoms with van der Waals surface area (Å²) in [7, 11) is 0. The standard InChI is InChI=1S/C16H23N3O/c20-15(19-13-6-2-1-3-7-13)18-12-16(9-10-16)14-8-4-5-11-17-14/h4-5,8,11,13H,1-3,6-7,9-10,12H2,(H2,18,19,20). The minimum absolute atomic E-state index is 0.0147. The largest absolute Gasteiger partial charge is 0.337 e. The lowest BCUT2D eigenvalue weighted by Gasteiger charge is -2.23. The number of aromatic nitrogens is 1. The lowest BCUT2D eigenvalue weighted by Crippen LogP contribution is -2.45. The molecule has 1 heterocycles. The Labute approximate surface area is 120 Å². The summed E-state index contributed by atoms with van der Waals surface area (Å²) in [6, 6.07) is 6.37. The Balaban J connectivity index is 1.48. The Kier molecular flexibility index (Phi) is 3.90. The highest BCUT2D eigenvalue weighted by Gasteiger charge is 2.45. The van der Waals surface area contributed by atoms with Gasteiger partial charge in [-0.15, -0.1) is 0 Å². The van der Waals surface area contributed by atoms with Gasteiger partial charge in [0.2, 0.25) is 0 Å². The summed E-state index contributed by atoms with van der Waals surface area (Å²) in [5.41, 5.74) is 1.20. The van der Waals surface area contributed by atoms with Crippen molar-refractivity contribution in [1.29, 1.82) is 0 Å². The van der Waals surface area contributed by atoms with Crippen molar-refractivity contribution in [2.75, 3.05) is 6.54 Å². The van der Waals surface area contributed by atoms with Crippen LogP contribution in [0.3, 0.4) is 0 Å². The molecule has 3 rings (SSSR count). The summed E-state index contributed by atoms with van der Waals surface area (Å²) in [5, 5.41) is 6.14. The molecule has 0 unspecified atom stereocenters. The van der Waals surface area contributed by atoms with Gasteiger partial charge in [-0.1, -0.05) is 25.3 Å². The first-order valence-electron chi connectivity index (χ1n) is 7.74. The van der Waals surface area contributed by atoms with E-state index in [1.54, 1.807) is 0 Å². The first kappa shape index (κ1) is 13.4. The summed E-state index contributed by atoms with van der Waals surface area (Å²) in [5.74, 6) is 0. The lowest BCUT2D eigenvalue weighted by molar-refractivity contribution is 0.231. The van der Waals surface area contributed by atoms with E-state index in [0.717, 1.165) is 31.4 Å². The van der Waals surface area contributed by atoms with Crippen LogP contribution in [0.1, 0.15) is 50.6 Å². The number of nitrogens with one attached hydrogen (secondary N) is 2. The molecule has 0 bridgehead atoms. The summed E-state index contributed by atoms with van der Waals surface area (Å²) >= 11 is 0. The average Bonchev–Trinajstić information content (AvgIpc) is 3.28. The molecule has 0 aromatic carbocycles. The number of carbonyl (C=O) groups is 1. The highest BCUT2D eigenvalue weighted by molar-refractivity contribution is 5.74. The zero-order chi connectivity index (χ0) is 13.8. The normalized spacial score (nSPS) is 21.2. The Morgan fingerprint density at radius 2 is 2.05 bits per heavy atom. The van der Waals surface area contributed by atoms with Gasteiger partial charge in [0.15, 0.2) is 0 Å². The molecule has 4 heteroatoms. The Morgan fingerprint density at radius 1 is 1.25 bits per heavy atom. The molecule has 1 aromatic heterocycles. The van der Waals surface area contributed by atoms with Crippen LogP contribution < -0.4 is 10.6 Å². The molecule has 0 spiro atoms. The van der Waals surface area contributed by atoms with E-state index in [1.807, 2.05) is 18.3 Å². The molecule has 4 nitrogen and oxygen atoms in total. The van der Waals surface area contributed by atoms with E-state index in [1.165, 1.54) is 19.3 Å². The number of carbonyl (C=O) groups excluding carboxylic acids is 1. The molecule has 0 aliphatic heterocycles. The van der Waals surface area contributed by atoms with Crippen LogP contribution in [0.4, 0.5) is 4.79 Å². The van der Waals surface area contributed by atoms with Gasteiger partial charge in [0.25, 0.3) is 0 Å². The average molecular weight is 273 g/mol. The SMILES string of the molecule is O=C(NCC1(c2ccccn2)CC1)NC1CCCCC1. The number of nitrogens with zero attached hydrogens (tertiary/aromatic N) is 1. The molecule has 0 radical (unpaired) electrons. The third-order valence-electron chi connectivity index (χ3n) is 4.59. The Morgan fingerprint density at radius 3 is 2.70 bits per heavy atom. The maximum Gasteiger partial charge on any atom is 0.315 e. The monoisotopic (exact) mass is 273 g/mol. The van der Waals surface area contributed by atoms with Gasteiger partial charge in [-0.2, -0.15) is 0 Å². The number of urea groups is 1. The second kappa shape index (κ2) is 5.81. The van der Waals surface area contributed by atoms with Gasteiger partial charge in [-0.3, -0.25) is 4.98 Å². The molecule has 0 saturated heterocycles. The van der Waals surface area contributed by atoms with Crippen molar-refractivity contribution < 1.29 is 4.79 Å². The van der Waals surface area contributed by atoms with Crippen LogP contribution in [-0.2, 0) is 5.41 Å². The minimum atomic E-state index is -0.0147. The summed E-state index contributed by atoms with van der Waals surface area (Å²) in [6.07, 6.45) is 10.1. The van der Waals surface area contributed by atoms with Crippen molar-refractivity contribution in [2.24, 2.45) is 0 Å². The van der Waals surface area contributed by atoms with Gasteiger partial charge in [0.1, 0.15) is 0 Å². The van der Waals surface area contributed by atoms with Crippen LogP contribution in [-0.4, -0.2) is 23.6 Å². The van der Waals surface area contributed by atoms with Crippen LogP contribution in [0.2, 0.25) is 0 Å². The van der Waals surface area contributed by atoms with E-state index in [4.69, 9.17) is 0 Å². The Hall–Kier alpha value is -1.58. The molecular weight excluding hydrogens is 250 g/mol. The number of pyridine rings is 1. The first-order valence-corrected chi connectivity index (χ1v) is 7.74. The third kappa shape index (κ3) is 3.11. The molecule has 2 fully saturated rings. The summed E-state index contributed by atoms with van der Waals surface area (Å²) in [6.45, 7) is 0.697. The predicted molar refractivity (Wildman–Crippen MR) is 78.6 cm³/mol. The number of hydrogen-bond acceptors (Lipinski definition) is 2. The number of hydrogen-bond donors (Lipinski definition) is 2. The molecule has 2 N–H and O–H groups in total. The van der Waals surface area contributed by atoms with E-state index in [-0.39, 0.29) is 11.4 Å². The molecule has 2 saturated carbocycles. The third-order valence-corrected chi connectivity index (χ3v) is 4.59. The van der Waals surface area contributed by atoms with Gasteiger partial charge in [-0.05, 0) is 37.8 Å². The number of amides is 2. The molecule has 2 aliphatic carbocycles. The molecule has 1 aromatic rings. The lowest BCUT2D eigenvalue weighted by atomic mass is 9.96. The first-order chi connectivity index (χ1) is 9.78. The van der Waals surface area contributed by atoms with Crippen LogP contribution in [0, 0.1) is 0 Å². The molecule has 2 amide bonds. The molecule has 108 valence electrons. The predicted octanol–water partition coefficient (Wildman–Crippen LogP) is 2.75. The van der Waals surface area contributed by atoms with Crippen LogP contribution in [0.25, 0.3) is 0 Å². The van der Waals surface area contributed by atoms with E-state index < -0.39 is 0 Å². The Bertz CT molecular complexity index is 450. The van der Waals surface area contributed by atoms with E-state index in [9.17, 15) is 4.79 Å². The van der Waals surface area contributed by atoms with E-state index in [2.05, 4.69) is 21.7 Å². The van der Waals surface area contributed by atoms with Crippen molar-refractivity contribution in [3.63, 3.8) is 0 Å². The fourth-order valence-corrected chi connectivity index (χ4v) is 3.08. The fourth-order valence-electron chi connectivity index (χ4n) is 3.08. The maximum absolute atomic E-state index is 12.0. The maximum atomic E-state index is 12.0. The van der Waals surface area contributed by atoms with Crippen molar-refractivity contribution in [2.45, 2.75) is 56.4 Å². The van der Waals surface area contributed by atoms with Crippen molar-refractivity contribution in [3.8, 4) is 0 Å². The van der Waals surface area contributed by atoms with Gasteiger partial charge in [-0.25, -0.2) is 4.79 Å². The van der Waals surface area contributed by atoms with Crippen molar-refractivity contribution in [1.82, 2.24) is 15.6 Å². The summed E-state index contributed by atoms with van der Waals surface area (Å²) in [4.78, 5) is 16.4. The molecule has 2 aliphatic rings. The topological polar surface area (TPSA) is 54.0 Å². The van der Waals surface area contributed by atoms with Crippen LogP contribution in [0.15, 0.2) is 24.4 Å². The smallest absolute Gasteiger partial charge is 0.315 e. The molecule has 0 atom stereocenters. The van der Waals surface area contributed by atoms with Gasteiger partial charge in [0.05, 0.1) is 0 Å². The highest BCUT2D eigenvalue weighted by atomic mass is 16.2. The minimum Gasteiger partial charge on any atom is -0.337 e. The highest BCUT2D eigenvalue weighted by Crippen LogP contribution is 2.46. The van der Waals surface area contributed by atoms with Gasteiger partial charge >= 0.3 is 6.03 Å². The number of rotatable bonds is 4. The molecular formula is C16H23N3O. The van der Waals surface area contributed by atoms with E-state index >= 15 is 0 Å². The van der Waals surface area contributed by atoms with Crippen LogP contribution in [0.5, 0.6) is 0 Å². The second-order valence-corrected chi connectivity index (χ2v) is 6.16. The summed E-state index contributed by atoms with van der Waals surface area (Å²) < 4.78 is 0. The van der Waals surface area contributed by atoms with Crippen molar-refractivity contribution >= 4 is 6.03 Å².